The number of carbonyl (C=O) groups is 1. The van der Waals surface area contributed by atoms with Crippen molar-refractivity contribution in [1.82, 2.24) is 4.98 Å². The molecule has 0 saturated heterocycles. The van der Waals surface area contributed by atoms with E-state index in [0.29, 0.717) is 28.8 Å². The molecule has 0 aliphatic rings. The maximum Gasteiger partial charge on any atom is 0.257 e. The first-order chi connectivity index (χ1) is 13.6. The number of methoxy groups -OCH3 is 2. The molecular formula is C21H22N2O4S. The summed E-state index contributed by atoms with van der Waals surface area (Å²) in [6, 6.07) is 11.2. The quantitative estimate of drug-likeness (QED) is 0.620. The molecule has 0 aliphatic heterocycles. The summed E-state index contributed by atoms with van der Waals surface area (Å²) in [5, 5.41) is 5.27. The van der Waals surface area contributed by atoms with Crippen LogP contribution in [0.5, 0.6) is 17.2 Å². The Bertz CT molecular complexity index is 984. The van der Waals surface area contributed by atoms with E-state index in [1.165, 1.54) is 18.4 Å². The molecule has 0 radical (unpaired) electrons. The number of nitrogens with one attached hydrogen (secondary N) is 1. The molecule has 2 aromatic carbocycles. The van der Waals surface area contributed by atoms with Crippen molar-refractivity contribution in [3.63, 3.8) is 0 Å². The molecular weight excluding hydrogens is 376 g/mol. The average molecular weight is 398 g/mol. The zero-order valence-corrected chi connectivity index (χ0v) is 17.1. The van der Waals surface area contributed by atoms with Crippen molar-refractivity contribution in [2.45, 2.75) is 13.8 Å². The summed E-state index contributed by atoms with van der Waals surface area (Å²) in [5.41, 5.74) is 2.94. The minimum absolute atomic E-state index is 0.252. The highest BCUT2D eigenvalue weighted by molar-refractivity contribution is 7.14. The number of carbonyl (C=O) groups excluding carboxylic acids is 1. The first-order valence-electron chi connectivity index (χ1n) is 8.79. The van der Waals surface area contributed by atoms with Gasteiger partial charge in [-0.2, -0.15) is 0 Å². The van der Waals surface area contributed by atoms with E-state index in [4.69, 9.17) is 14.2 Å². The van der Waals surface area contributed by atoms with E-state index in [-0.39, 0.29) is 5.91 Å². The van der Waals surface area contributed by atoms with E-state index < -0.39 is 0 Å². The molecule has 0 bridgehead atoms. The highest BCUT2D eigenvalue weighted by Crippen LogP contribution is 2.33. The number of rotatable bonds is 7. The second kappa shape index (κ2) is 8.75. The van der Waals surface area contributed by atoms with E-state index >= 15 is 0 Å². The lowest BCUT2D eigenvalue weighted by Gasteiger charge is -2.12. The van der Waals surface area contributed by atoms with Gasteiger partial charge in [-0.1, -0.05) is 12.1 Å². The van der Waals surface area contributed by atoms with Gasteiger partial charge in [0.2, 0.25) is 0 Å². The van der Waals surface area contributed by atoms with Crippen molar-refractivity contribution >= 4 is 22.4 Å². The third-order valence-corrected chi connectivity index (χ3v) is 4.92. The molecule has 0 aliphatic carbocycles. The fourth-order valence-corrected chi connectivity index (χ4v) is 3.51. The van der Waals surface area contributed by atoms with Gasteiger partial charge in [-0.05, 0) is 43.7 Å². The van der Waals surface area contributed by atoms with Crippen LogP contribution in [0, 0.1) is 6.92 Å². The van der Waals surface area contributed by atoms with Gasteiger partial charge in [-0.15, -0.1) is 11.3 Å². The van der Waals surface area contributed by atoms with Crippen molar-refractivity contribution < 1.29 is 19.0 Å². The second-order valence-electron chi connectivity index (χ2n) is 5.94. The third kappa shape index (κ3) is 4.09. The first-order valence-corrected chi connectivity index (χ1v) is 9.67. The number of para-hydroxylation sites is 1. The molecule has 0 atom stereocenters. The molecule has 1 heterocycles. The number of aryl methyl sites for hydroxylation is 1. The minimum Gasteiger partial charge on any atom is -0.493 e. The summed E-state index contributed by atoms with van der Waals surface area (Å²) in [6.07, 6.45) is 0. The Labute approximate surface area is 168 Å². The number of hydrogen-bond donors (Lipinski definition) is 1. The Morgan fingerprint density at radius 1 is 1.11 bits per heavy atom. The SMILES string of the molecule is CCOc1ccccc1-c1csc(NC(=O)c2cc(OC)c(OC)cc2C)n1. The van der Waals surface area contributed by atoms with Gasteiger partial charge in [-0.3, -0.25) is 10.1 Å². The Kier molecular flexibility index (Phi) is 6.16. The molecule has 7 heteroatoms. The van der Waals surface area contributed by atoms with Crippen LogP contribution in [0.25, 0.3) is 11.3 Å². The predicted octanol–water partition coefficient (Wildman–Crippen LogP) is 4.79. The molecule has 1 amide bonds. The molecule has 1 N–H and O–H groups in total. The molecule has 1 aromatic heterocycles. The number of ether oxygens (including phenoxy) is 3. The van der Waals surface area contributed by atoms with Gasteiger partial charge in [0.05, 0.1) is 26.5 Å². The molecule has 3 aromatic rings. The number of amides is 1. The van der Waals surface area contributed by atoms with Crippen LogP contribution in [-0.4, -0.2) is 31.7 Å². The van der Waals surface area contributed by atoms with Crippen molar-refractivity contribution in [3.05, 3.63) is 52.9 Å². The molecule has 0 spiro atoms. The van der Waals surface area contributed by atoms with Gasteiger partial charge in [0.15, 0.2) is 16.6 Å². The van der Waals surface area contributed by atoms with Crippen LogP contribution < -0.4 is 19.5 Å². The van der Waals surface area contributed by atoms with E-state index in [9.17, 15) is 4.79 Å². The average Bonchev–Trinajstić information content (AvgIpc) is 3.16. The zero-order chi connectivity index (χ0) is 20.1. The van der Waals surface area contributed by atoms with Crippen molar-refractivity contribution in [2.24, 2.45) is 0 Å². The summed E-state index contributed by atoms with van der Waals surface area (Å²) in [4.78, 5) is 17.3. The number of benzene rings is 2. The van der Waals surface area contributed by atoms with Gasteiger partial charge in [-0.25, -0.2) is 4.98 Å². The fourth-order valence-electron chi connectivity index (χ4n) is 2.80. The standard InChI is InChI=1S/C21H22N2O4S/c1-5-27-17-9-7-6-8-14(17)16-12-28-21(22-16)23-20(24)15-11-19(26-4)18(25-3)10-13(15)2/h6-12H,5H2,1-4H3,(H,22,23,24). The summed E-state index contributed by atoms with van der Waals surface area (Å²) in [7, 11) is 3.10. The normalized spacial score (nSPS) is 10.4. The molecule has 0 saturated carbocycles. The smallest absolute Gasteiger partial charge is 0.257 e. The van der Waals surface area contributed by atoms with Gasteiger partial charge < -0.3 is 14.2 Å². The summed E-state index contributed by atoms with van der Waals surface area (Å²) >= 11 is 1.36. The maximum atomic E-state index is 12.8. The highest BCUT2D eigenvalue weighted by atomic mass is 32.1. The summed E-state index contributed by atoms with van der Waals surface area (Å²) < 4.78 is 16.2. The predicted molar refractivity (Wildman–Crippen MR) is 111 cm³/mol. The largest absolute Gasteiger partial charge is 0.493 e. The lowest BCUT2D eigenvalue weighted by molar-refractivity contribution is 0.102. The number of anilines is 1. The van der Waals surface area contributed by atoms with Crippen LogP contribution in [0.1, 0.15) is 22.8 Å². The lowest BCUT2D eigenvalue weighted by atomic mass is 10.1. The number of hydrogen-bond acceptors (Lipinski definition) is 6. The Hall–Kier alpha value is -3.06. The van der Waals surface area contributed by atoms with Crippen LogP contribution in [0.3, 0.4) is 0 Å². The van der Waals surface area contributed by atoms with Crippen molar-refractivity contribution in [3.8, 4) is 28.5 Å². The Morgan fingerprint density at radius 2 is 1.82 bits per heavy atom. The molecule has 0 unspecified atom stereocenters. The van der Waals surface area contributed by atoms with Crippen LogP contribution in [0.15, 0.2) is 41.8 Å². The number of thiazole rings is 1. The van der Waals surface area contributed by atoms with Crippen LogP contribution in [0.4, 0.5) is 5.13 Å². The van der Waals surface area contributed by atoms with E-state index in [2.05, 4.69) is 10.3 Å². The molecule has 146 valence electrons. The topological polar surface area (TPSA) is 69.7 Å². The zero-order valence-electron chi connectivity index (χ0n) is 16.2. The van der Waals surface area contributed by atoms with E-state index in [0.717, 1.165) is 22.6 Å². The van der Waals surface area contributed by atoms with Crippen LogP contribution >= 0.6 is 11.3 Å². The monoisotopic (exact) mass is 398 g/mol. The highest BCUT2D eigenvalue weighted by Gasteiger charge is 2.17. The van der Waals surface area contributed by atoms with Gasteiger partial charge in [0.25, 0.3) is 5.91 Å². The Morgan fingerprint density at radius 3 is 2.54 bits per heavy atom. The molecule has 3 rings (SSSR count). The molecule has 6 nitrogen and oxygen atoms in total. The lowest BCUT2D eigenvalue weighted by Crippen LogP contribution is -2.13. The van der Waals surface area contributed by atoms with Gasteiger partial charge in [0, 0.05) is 16.5 Å². The van der Waals surface area contributed by atoms with E-state index in [1.807, 2.05) is 43.5 Å². The van der Waals surface area contributed by atoms with E-state index in [1.54, 1.807) is 19.2 Å². The number of nitrogens with zero attached hydrogens (tertiary/aromatic N) is 1. The second-order valence-corrected chi connectivity index (χ2v) is 6.80. The van der Waals surface area contributed by atoms with Crippen LogP contribution in [0.2, 0.25) is 0 Å². The maximum absolute atomic E-state index is 12.8. The molecule has 28 heavy (non-hydrogen) atoms. The Balaban J connectivity index is 1.84. The minimum atomic E-state index is -0.252. The summed E-state index contributed by atoms with van der Waals surface area (Å²) in [6.45, 7) is 4.36. The molecule has 0 fully saturated rings. The number of aromatic nitrogens is 1. The van der Waals surface area contributed by atoms with Gasteiger partial charge in [0.1, 0.15) is 5.75 Å². The van der Waals surface area contributed by atoms with Crippen LogP contribution in [-0.2, 0) is 0 Å². The van der Waals surface area contributed by atoms with Crippen molar-refractivity contribution in [1.29, 1.82) is 0 Å². The third-order valence-electron chi connectivity index (χ3n) is 4.16. The first kappa shape index (κ1) is 19.7. The summed E-state index contributed by atoms with van der Waals surface area (Å²) in [5.74, 6) is 1.60. The fraction of sp³-hybridized carbons (Fsp3) is 0.238. The van der Waals surface area contributed by atoms with Crippen molar-refractivity contribution in [2.75, 3.05) is 26.1 Å². The van der Waals surface area contributed by atoms with Gasteiger partial charge >= 0.3 is 0 Å².